The Bertz CT molecular complexity index is 742. The van der Waals surface area contributed by atoms with Crippen LogP contribution in [0.2, 0.25) is 0 Å². The minimum absolute atomic E-state index is 0.0123. The minimum atomic E-state index is -0.948. The molecule has 1 N–H and O–H groups in total. The van der Waals surface area contributed by atoms with Gasteiger partial charge in [0.05, 0.1) is 0 Å². The van der Waals surface area contributed by atoms with Gasteiger partial charge in [0.1, 0.15) is 0 Å². The van der Waals surface area contributed by atoms with Crippen molar-refractivity contribution in [1.82, 2.24) is 0 Å². The molecule has 0 radical (unpaired) electrons. The maximum absolute atomic E-state index is 14.6. The lowest BCUT2D eigenvalue weighted by molar-refractivity contribution is 0.432. The highest BCUT2D eigenvalue weighted by molar-refractivity contribution is 5.65. The standard InChI is InChI=1S/C20H21F3O/c1-2-3-12-4-5-13(10-12)15-7-8-16(20(23)19(15)22)14-6-9-18(24)17(21)11-14/h6-9,11-13,24H,2-5,10H2,1H3. The molecular weight excluding hydrogens is 313 g/mol. The smallest absolute Gasteiger partial charge is 0.166 e. The van der Waals surface area contributed by atoms with E-state index in [1.54, 1.807) is 6.07 Å². The fraction of sp³-hybridized carbons (Fsp3) is 0.400. The highest BCUT2D eigenvalue weighted by Gasteiger charge is 2.29. The summed E-state index contributed by atoms with van der Waals surface area (Å²) in [5.74, 6) is -2.49. The van der Waals surface area contributed by atoms with Crippen molar-refractivity contribution in [2.75, 3.05) is 0 Å². The number of halogens is 3. The van der Waals surface area contributed by atoms with Crippen molar-refractivity contribution in [2.45, 2.75) is 44.9 Å². The van der Waals surface area contributed by atoms with Gasteiger partial charge < -0.3 is 5.11 Å². The van der Waals surface area contributed by atoms with Crippen LogP contribution in [0.3, 0.4) is 0 Å². The molecule has 4 heteroatoms. The largest absolute Gasteiger partial charge is 0.505 e. The van der Waals surface area contributed by atoms with Gasteiger partial charge in [-0.1, -0.05) is 38.0 Å². The van der Waals surface area contributed by atoms with Gasteiger partial charge in [0.15, 0.2) is 23.2 Å². The second-order valence-corrected chi connectivity index (χ2v) is 6.66. The van der Waals surface area contributed by atoms with Crippen molar-refractivity contribution in [1.29, 1.82) is 0 Å². The third-order valence-electron chi connectivity index (χ3n) is 5.05. The second kappa shape index (κ2) is 6.88. The molecule has 1 aliphatic carbocycles. The van der Waals surface area contributed by atoms with Crippen molar-refractivity contribution in [3.05, 3.63) is 53.3 Å². The lowest BCUT2D eigenvalue weighted by atomic mass is 9.92. The first-order chi connectivity index (χ1) is 11.5. The van der Waals surface area contributed by atoms with E-state index in [1.165, 1.54) is 12.1 Å². The Balaban J connectivity index is 1.90. The van der Waals surface area contributed by atoms with Crippen molar-refractivity contribution >= 4 is 0 Å². The van der Waals surface area contributed by atoms with Crippen LogP contribution in [0.15, 0.2) is 30.3 Å². The highest BCUT2D eigenvalue weighted by Crippen LogP contribution is 2.42. The number of phenols is 1. The summed E-state index contributed by atoms with van der Waals surface area (Å²) in [5, 5.41) is 9.23. The average molecular weight is 334 g/mol. The van der Waals surface area contributed by atoms with Crippen molar-refractivity contribution < 1.29 is 18.3 Å². The van der Waals surface area contributed by atoms with E-state index in [0.717, 1.165) is 44.2 Å². The van der Waals surface area contributed by atoms with Gasteiger partial charge in [0.2, 0.25) is 0 Å². The van der Waals surface area contributed by atoms with Gasteiger partial charge in [0.25, 0.3) is 0 Å². The zero-order valence-corrected chi connectivity index (χ0v) is 13.7. The fourth-order valence-electron chi connectivity index (χ4n) is 3.80. The zero-order chi connectivity index (χ0) is 17.3. The minimum Gasteiger partial charge on any atom is -0.505 e. The van der Waals surface area contributed by atoms with Gasteiger partial charge in [0, 0.05) is 5.56 Å². The molecule has 0 aliphatic heterocycles. The van der Waals surface area contributed by atoms with Gasteiger partial charge in [-0.2, -0.15) is 0 Å². The molecule has 2 aromatic rings. The van der Waals surface area contributed by atoms with Gasteiger partial charge in [-0.3, -0.25) is 0 Å². The number of hydrogen-bond acceptors (Lipinski definition) is 1. The number of phenolic OH excluding ortho intramolecular Hbond substituents is 1. The molecule has 1 aliphatic rings. The number of aromatic hydroxyl groups is 1. The highest BCUT2D eigenvalue weighted by atomic mass is 19.2. The summed E-state index contributed by atoms with van der Waals surface area (Å²) in [5.41, 5.74) is 0.649. The van der Waals surface area contributed by atoms with Crippen molar-refractivity contribution in [3.63, 3.8) is 0 Å². The molecule has 0 bridgehead atoms. The van der Waals surface area contributed by atoms with Crippen LogP contribution >= 0.6 is 0 Å². The van der Waals surface area contributed by atoms with E-state index in [9.17, 15) is 18.3 Å². The van der Waals surface area contributed by atoms with E-state index < -0.39 is 23.2 Å². The van der Waals surface area contributed by atoms with E-state index in [-0.39, 0.29) is 17.0 Å². The summed E-state index contributed by atoms with van der Waals surface area (Å²) in [6.45, 7) is 2.14. The Hall–Kier alpha value is -1.97. The van der Waals surface area contributed by atoms with E-state index in [1.807, 2.05) is 0 Å². The quantitative estimate of drug-likeness (QED) is 0.710. The fourth-order valence-corrected chi connectivity index (χ4v) is 3.80. The van der Waals surface area contributed by atoms with Crippen LogP contribution in [0, 0.1) is 23.4 Å². The molecular formula is C20H21F3O. The molecule has 2 aromatic carbocycles. The van der Waals surface area contributed by atoms with Crippen LogP contribution < -0.4 is 0 Å². The normalized spacial score (nSPS) is 20.5. The van der Waals surface area contributed by atoms with Crippen molar-refractivity contribution in [3.8, 4) is 16.9 Å². The van der Waals surface area contributed by atoms with Crippen LogP contribution in [-0.4, -0.2) is 5.11 Å². The summed E-state index contributed by atoms with van der Waals surface area (Å²) < 4.78 is 42.6. The third kappa shape index (κ3) is 3.14. The van der Waals surface area contributed by atoms with Crippen LogP contribution in [0.5, 0.6) is 5.75 Å². The van der Waals surface area contributed by atoms with Gasteiger partial charge >= 0.3 is 0 Å². The van der Waals surface area contributed by atoms with E-state index in [2.05, 4.69) is 6.92 Å². The summed E-state index contributed by atoms with van der Waals surface area (Å²) in [6, 6.07) is 6.66. The molecule has 3 rings (SSSR count). The number of hydrogen-bond donors (Lipinski definition) is 1. The molecule has 0 aromatic heterocycles. The Morgan fingerprint density at radius 1 is 1.04 bits per heavy atom. The molecule has 24 heavy (non-hydrogen) atoms. The maximum atomic E-state index is 14.6. The molecule has 0 heterocycles. The Labute approximate surface area is 140 Å². The first-order valence-electron chi connectivity index (χ1n) is 8.48. The Morgan fingerprint density at radius 2 is 1.83 bits per heavy atom. The first-order valence-corrected chi connectivity index (χ1v) is 8.48. The van der Waals surface area contributed by atoms with Crippen LogP contribution in [0.1, 0.15) is 50.5 Å². The molecule has 2 unspecified atom stereocenters. The lowest BCUT2D eigenvalue weighted by Crippen LogP contribution is -2.02. The van der Waals surface area contributed by atoms with Crippen LogP contribution in [-0.2, 0) is 0 Å². The van der Waals surface area contributed by atoms with Gasteiger partial charge in [-0.25, -0.2) is 13.2 Å². The van der Waals surface area contributed by atoms with Crippen LogP contribution in [0.4, 0.5) is 13.2 Å². The molecule has 1 fully saturated rings. The van der Waals surface area contributed by atoms with E-state index in [0.29, 0.717) is 11.5 Å². The molecule has 128 valence electrons. The second-order valence-electron chi connectivity index (χ2n) is 6.66. The predicted octanol–water partition coefficient (Wildman–Crippen LogP) is 6.16. The van der Waals surface area contributed by atoms with Gasteiger partial charge in [-0.15, -0.1) is 0 Å². The molecule has 0 amide bonds. The summed E-state index contributed by atoms with van der Waals surface area (Å²) in [4.78, 5) is 0. The molecule has 1 nitrogen and oxygen atoms in total. The summed E-state index contributed by atoms with van der Waals surface area (Å²) >= 11 is 0. The summed E-state index contributed by atoms with van der Waals surface area (Å²) in [7, 11) is 0. The third-order valence-corrected chi connectivity index (χ3v) is 5.05. The molecule has 2 atom stereocenters. The van der Waals surface area contributed by atoms with Crippen LogP contribution in [0.25, 0.3) is 11.1 Å². The van der Waals surface area contributed by atoms with E-state index in [4.69, 9.17) is 0 Å². The Kier molecular flexibility index (Phi) is 4.83. The van der Waals surface area contributed by atoms with Crippen molar-refractivity contribution in [2.24, 2.45) is 5.92 Å². The molecule has 0 saturated heterocycles. The lowest BCUT2D eigenvalue weighted by Gasteiger charge is -2.15. The zero-order valence-electron chi connectivity index (χ0n) is 13.7. The van der Waals surface area contributed by atoms with E-state index >= 15 is 0 Å². The number of benzene rings is 2. The topological polar surface area (TPSA) is 20.2 Å². The number of rotatable bonds is 4. The SMILES string of the molecule is CCCC1CCC(c2ccc(-c3ccc(O)c(F)c3)c(F)c2F)C1. The Morgan fingerprint density at radius 3 is 2.54 bits per heavy atom. The predicted molar refractivity (Wildman–Crippen MR) is 88.4 cm³/mol. The summed E-state index contributed by atoms with van der Waals surface area (Å²) in [6.07, 6.45) is 5.08. The maximum Gasteiger partial charge on any atom is 0.166 e. The first kappa shape index (κ1) is 16.9. The van der Waals surface area contributed by atoms with Gasteiger partial charge in [-0.05, 0) is 54.4 Å². The molecule has 1 saturated carbocycles. The average Bonchev–Trinajstić information content (AvgIpc) is 3.01. The monoisotopic (exact) mass is 334 g/mol. The molecule has 0 spiro atoms.